The Kier molecular flexibility index (Phi) is 5.59. The molecule has 0 unspecified atom stereocenters. The minimum atomic E-state index is -0.187. The van der Waals surface area contributed by atoms with Gasteiger partial charge in [-0.25, -0.2) is 0 Å². The van der Waals surface area contributed by atoms with Gasteiger partial charge in [0.1, 0.15) is 0 Å². The van der Waals surface area contributed by atoms with Gasteiger partial charge >= 0.3 is 0 Å². The molecule has 4 nitrogen and oxygen atoms in total. The van der Waals surface area contributed by atoms with Crippen LogP contribution in [-0.4, -0.2) is 15.7 Å². The van der Waals surface area contributed by atoms with Crippen LogP contribution in [0.4, 0.5) is 5.82 Å². The zero-order valence-electron chi connectivity index (χ0n) is 12.5. The molecule has 0 aliphatic rings. The van der Waals surface area contributed by atoms with Crippen LogP contribution in [0.5, 0.6) is 0 Å². The number of hydrogen-bond donors (Lipinski definition) is 1. The second-order valence-corrected chi connectivity index (χ2v) is 9.27. The van der Waals surface area contributed by atoms with E-state index in [-0.39, 0.29) is 5.91 Å². The molecule has 0 bridgehead atoms. The van der Waals surface area contributed by atoms with Crippen molar-refractivity contribution in [1.82, 2.24) is 9.78 Å². The second-order valence-electron chi connectivity index (χ2n) is 5.20. The topological polar surface area (TPSA) is 46.9 Å². The van der Waals surface area contributed by atoms with E-state index in [0.29, 0.717) is 17.2 Å². The molecule has 1 amide bonds. The van der Waals surface area contributed by atoms with Gasteiger partial charge in [-0.3, -0.25) is 9.48 Å². The van der Waals surface area contributed by atoms with Crippen molar-refractivity contribution < 1.29 is 4.79 Å². The molecule has 1 N–H and O–H groups in total. The fourth-order valence-electron chi connectivity index (χ4n) is 2.07. The number of anilines is 1. The van der Waals surface area contributed by atoms with Crippen LogP contribution in [0.1, 0.15) is 20.8 Å². The molecule has 124 valence electrons. The first-order chi connectivity index (χ1) is 11.4. The number of aryl methyl sites for hydroxylation is 1. The molecule has 0 saturated heterocycles. The summed E-state index contributed by atoms with van der Waals surface area (Å²) < 4.78 is 4.29. The quantitative estimate of drug-likeness (QED) is 0.458. The monoisotopic (exact) mass is 531 g/mol. The highest BCUT2D eigenvalue weighted by atomic mass is 79.9. The van der Waals surface area contributed by atoms with E-state index in [4.69, 9.17) is 0 Å². The molecule has 0 fully saturated rings. The number of benzene rings is 1. The number of halogens is 3. The standard InChI is InChI=1S/C16H12Br3N3OS/c1-9-2-4-10(5-3-9)7-22-8-12(18)15(21-22)20-16(23)13-6-11(17)14(19)24-13/h2-6,8H,7H2,1H3,(H,20,21,23). The number of carbonyl (C=O) groups excluding carboxylic acids is 1. The van der Waals surface area contributed by atoms with Crippen molar-refractivity contribution in [3.63, 3.8) is 0 Å². The van der Waals surface area contributed by atoms with Gasteiger partial charge in [-0.05, 0) is 66.3 Å². The Morgan fingerprint density at radius 1 is 1.21 bits per heavy atom. The number of carbonyl (C=O) groups is 1. The molecule has 0 aliphatic heterocycles. The lowest BCUT2D eigenvalue weighted by molar-refractivity contribution is 0.103. The molecule has 8 heteroatoms. The van der Waals surface area contributed by atoms with Crippen LogP contribution >= 0.6 is 59.1 Å². The fraction of sp³-hybridized carbons (Fsp3) is 0.125. The average Bonchev–Trinajstić information content (AvgIpc) is 3.05. The molecule has 0 radical (unpaired) electrons. The van der Waals surface area contributed by atoms with E-state index < -0.39 is 0 Å². The maximum atomic E-state index is 12.3. The molecule has 2 aromatic heterocycles. The molecule has 3 rings (SSSR count). The number of thiophene rings is 1. The highest BCUT2D eigenvalue weighted by Gasteiger charge is 2.15. The Hall–Kier alpha value is -0.960. The van der Waals surface area contributed by atoms with Gasteiger partial charge in [0.15, 0.2) is 5.82 Å². The van der Waals surface area contributed by atoms with E-state index in [1.54, 1.807) is 10.7 Å². The molecule has 3 aromatic rings. The summed E-state index contributed by atoms with van der Waals surface area (Å²) in [5.41, 5.74) is 2.38. The van der Waals surface area contributed by atoms with Crippen LogP contribution in [0.25, 0.3) is 0 Å². The van der Waals surface area contributed by atoms with Gasteiger partial charge in [0.25, 0.3) is 5.91 Å². The van der Waals surface area contributed by atoms with Crippen molar-refractivity contribution in [3.05, 3.63) is 65.3 Å². The number of hydrogen-bond acceptors (Lipinski definition) is 3. The second kappa shape index (κ2) is 7.51. The zero-order valence-corrected chi connectivity index (χ0v) is 18.1. The van der Waals surface area contributed by atoms with E-state index in [1.807, 2.05) is 6.20 Å². The van der Waals surface area contributed by atoms with E-state index in [0.717, 1.165) is 18.3 Å². The molecule has 0 atom stereocenters. The summed E-state index contributed by atoms with van der Waals surface area (Å²) in [6, 6.07) is 10.1. The first-order valence-corrected chi connectivity index (χ1v) is 10.2. The van der Waals surface area contributed by atoms with Gasteiger partial charge in [-0.1, -0.05) is 29.8 Å². The maximum absolute atomic E-state index is 12.3. The average molecular weight is 534 g/mol. The summed E-state index contributed by atoms with van der Waals surface area (Å²) in [5.74, 6) is 0.320. The zero-order chi connectivity index (χ0) is 17.3. The number of aromatic nitrogens is 2. The first-order valence-electron chi connectivity index (χ1n) is 6.97. The van der Waals surface area contributed by atoms with Crippen molar-refractivity contribution in [2.45, 2.75) is 13.5 Å². The Balaban J connectivity index is 1.74. The van der Waals surface area contributed by atoms with Crippen LogP contribution in [0, 0.1) is 6.92 Å². The van der Waals surface area contributed by atoms with E-state index in [9.17, 15) is 4.79 Å². The normalized spacial score (nSPS) is 10.8. The van der Waals surface area contributed by atoms with E-state index in [2.05, 4.69) is 89.4 Å². The summed E-state index contributed by atoms with van der Waals surface area (Å²) in [7, 11) is 0. The van der Waals surface area contributed by atoms with Gasteiger partial charge in [-0.2, -0.15) is 5.10 Å². The van der Waals surface area contributed by atoms with Crippen molar-refractivity contribution in [1.29, 1.82) is 0 Å². The van der Waals surface area contributed by atoms with Gasteiger partial charge in [0.05, 0.1) is 19.7 Å². The van der Waals surface area contributed by atoms with Crippen molar-refractivity contribution in [3.8, 4) is 0 Å². The predicted molar refractivity (Wildman–Crippen MR) is 108 cm³/mol. The molecule has 0 spiro atoms. The molecule has 2 heterocycles. The number of nitrogens with one attached hydrogen (secondary N) is 1. The van der Waals surface area contributed by atoms with Gasteiger partial charge in [0, 0.05) is 10.7 Å². The van der Waals surface area contributed by atoms with Gasteiger partial charge in [0.2, 0.25) is 0 Å². The molecule has 0 saturated carbocycles. The predicted octanol–water partition coefficient (Wildman–Crippen LogP) is 5.84. The van der Waals surface area contributed by atoms with Gasteiger partial charge < -0.3 is 5.32 Å². The Labute approximate surface area is 168 Å². The SMILES string of the molecule is Cc1ccc(Cn2cc(Br)c(NC(=O)c3cc(Br)c(Br)s3)n2)cc1. The van der Waals surface area contributed by atoms with Crippen LogP contribution in [0.15, 0.2) is 49.3 Å². The summed E-state index contributed by atoms with van der Waals surface area (Å²) in [6.07, 6.45) is 1.86. The van der Waals surface area contributed by atoms with Crippen LogP contribution in [0.3, 0.4) is 0 Å². The lowest BCUT2D eigenvalue weighted by Crippen LogP contribution is -2.11. The summed E-state index contributed by atoms with van der Waals surface area (Å²) in [4.78, 5) is 12.9. The third kappa shape index (κ3) is 4.17. The summed E-state index contributed by atoms with van der Waals surface area (Å²) in [6.45, 7) is 2.70. The highest BCUT2D eigenvalue weighted by molar-refractivity contribution is 9.13. The number of nitrogens with zero attached hydrogens (tertiary/aromatic N) is 2. The summed E-state index contributed by atoms with van der Waals surface area (Å²) in [5, 5.41) is 7.27. The third-order valence-electron chi connectivity index (χ3n) is 3.28. The Morgan fingerprint density at radius 2 is 1.92 bits per heavy atom. The maximum Gasteiger partial charge on any atom is 0.267 e. The van der Waals surface area contributed by atoms with Crippen molar-refractivity contribution in [2.24, 2.45) is 0 Å². The minimum Gasteiger partial charge on any atom is -0.303 e. The van der Waals surface area contributed by atoms with E-state index >= 15 is 0 Å². The molecule has 24 heavy (non-hydrogen) atoms. The lowest BCUT2D eigenvalue weighted by Gasteiger charge is -2.03. The first kappa shape index (κ1) is 17.8. The third-order valence-corrected chi connectivity index (χ3v) is 7.12. The Bertz CT molecular complexity index is 867. The Morgan fingerprint density at radius 3 is 2.54 bits per heavy atom. The largest absolute Gasteiger partial charge is 0.303 e. The van der Waals surface area contributed by atoms with Crippen LogP contribution in [0.2, 0.25) is 0 Å². The van der Waals surface area contributed by atoms with Crippen molar-refractivity contribution >= 4 is 70.9 Å². The lowest BCUT2D eigenvalue weighted by atomic mass is 10.1. The smallest absolute Gasteiger partial charge is 0.267 e. The van der Waals surface area contributed by atoms with E-state index in [1.165, 1.54) is 16.9 Å². The van der Waals surface area contributed by atoms with Crippen LogP contribution in [-0.2, 0) is 6.54 Å². The molecular formula is C16H12Br3N3OS. The number of rotatable bonds is 4. The van der Waals surface area contributed by atoms with Crippen LogP contribution < -0.4 is 5.32 Å². The number of amides is 1. The fourth-order valence-corrected chi connectivity index (χ4v) is 4.42. The molecule has 1 aromatic carbocycles. The van der Waals surface area contributed by atoms with Crippen molar-refractivity contribution in [2.75, 3.05) is 5.32 Å². The molecule has 0 aliphatic carbocycles. The van der Waals surface area contributed by atoms with Gasteiger partial charge in [-0.15, -0.1) is 11.3 Å². The molecular weight excluding hydrogens is 522 g/mol. The highest BCUT2D eigenvalue weighted by Crippen LogP contribution is 2.33. The minimum absolute atomic E-state index is 0.187. The summed E-state index contributed by atoms with van der Waals surface area (Å²) >= 11 is 11.6.